The summed E-state index contributed by atoms with van der Waals surface area (Å²) in [6, 6.07) is 27.1. The summed E-state index contributed by atoms with van der Waals surface area (Å²) in [6.07, 6.45) is 0.644. The molecule has 0 aromatic heterocycles. The van der Waals surface area contributed by atoms with Crippen LogP contribution in [0.1, 0.15) is 29.2 Å². The second-order valence-electron chi connectivity index (χ2n) is 8.71. The fourth-order valence-corrected chi connectivity index (χ4v) is 4.54. The molecule has 3 aromatic rings. The van der Waals surface area contributed by atoms with Crippen LogP contribution in [0.2, 0.25) is 5.02 Å². The Balaban J connectivity index is 1.25. The van der Waals surface area contributed by atoms with Gasteiger partial charge in [-0.1, -0.05) is 65.9 Å². The van der Waals surface area contributed by atoms with Gasteiger partial charge in [-0.2, -0.15) is 0 Å². The van der Waals surface area contributed by atoms with E-state index in [9.17, 15) is 0 Å². The first-order valence-corrected chi connectivity index (χ1v) is 12.7. The normalized spacial score (nSPS) is 15.2. The maximum Gasteiger partial charge on any atom is 0.119 e. The average Bonchev–Trinajstić information content (AvgIpc) is 2.92. The van der Waals surface area contributed by atoms with Crippen LogP contribution < -0.4 is 15.8 Å². The number of nitrogens with one attached hydrogen (secondary N) is 2. The summed E-state index contributed by atoms with van der Waals surface area (Å²) in [4.78, 5) is 5.03. The van der Waals surface area contributed by atoms with Crippen molar-refractivity contribution in [2.45, 2.75) is 12.5 Å². The number of hydrazine groups is 1. The standard InChI is InChI=1S/C29H33ClN4O2/c30-27-13-11-26(12-14-27)29(25-7-2-1-3-8-25)34-20-18-33(19-21-34)22-23-36-28-15-9-24(10-16-28)6-4-5-17-31-32-35/h1-3,7-16,29,31-32,35H,5,17-23H2/t29-/m1/s1. The first-order valence-electron chi connectivity index (χ1n) is 12.3. The summed E-state index contributed by atoms with van der Waals surface area (Å²) < 4.78 is 5.98. The van der Waals surface area contributed by atoms with Gasteiger partial charge in [0.05, 0.1) is 6.04 Å². The molecular formula is C29H33ClN4O2. The summed E-state index contributed by atoms with van der Waals surface area (Å²) in [5, 5.41) is 9.23. The Hall–Kier alpha value is -2.89. The molecule has 0 aliphatic carbocycles. The molecule has 0 radical (unpaired) electrons. The van der Waals surface area contributed by atoms with Crippen LogP contribution in [0.5, 0.6) is 5.75 Å². The van der Waals surface area contributed by atoms with E-state index in [1.807, 2.05) is 42.0 Å². The van der Waals surface area contributed by atoms with E-state index in [2.05, 4.69) is 69.5 Å². The molecule has 3 aromatic carbocycles. The van der Waals surface area contributed by atoms with Gasteiger partial charge in [0.25, 0.3) is 0 Å². The largest absolute Gasteiger partial charge is 0.492 e. The smallest absolute Gasteiger partial charge is 0.119 e. The molecule has 1 heterocycles. The third-order valence-corrected chi connectivity index (χ3v) is 6.54. The maximum atomic E-state index is 8.46. The van der Waals surface area contributed by atoms with Gasteiger partial charge in [0, 0.05) is 56.3 Å². The Labute approximate surface area is 218 Å². The van der Waals surface area contributed by atoms with Gasteiger partial charge in [-0.05, 0) is 47.5 Å². The topological polar surface area (TPSA) is 60.0 Å². The Kier molecular flexibility index (Phi) is 10.2. The Morgan fingerprint density at radius 3 is 2.28 bits per heavy atom. The summed E-state index contributed by atoms with van der Waals surface area (Å²) >= 11 is 6.15. The average molecular weight is 505 g/mol. The van der Waals surface area contributed by atoms with Crippen LogP contribution in [-0.2, 0) is 0 Å². The van der Waals surface area contributed by atoms with Crippen molar-refractivity contribution in [1.29, 1.82) is 0 Å². The molecule has 1 saturated heterocycles. The van der Waals surface area contributed by atoms with E-state index in [1.165, 1.54) is 11.1 Å². The molecule has 0 bridgehead atoms. The van der Waals surface area contributed by atoms with E-state index in [1.54, 1.807) is 0 Å². The number of hydrogen-bond acceptors (Lipinski definition) is 6. The van der Waals surface area contributed by atoms with Crippen molar-refractivity contribution >= 4 is 11.6 Å². The zero-order valence-electron chi connectivity index (χ0n) is 20.4. The monoisotopic (exact) mass is 504 g/mol. The van der Waals surface area contributed by atoms with Gasteiger partial charge in [-0.25, -0.2) is 5.43 Å². The van der Waals surface area contributed by atoms with Crippen molar-refractivity contribution in [2.75, 3.05) is 45.9 Å². The molecule has 188 valence electrons. The Morgan fingerprint density at radius 1 is 0.889 bits per heavy atom. The molecule has 1 fully saturated rings. The van der Waals surface area contributed by atoms with E-state index < -0.39 is 0 Å². The number of rotatable bonds is 10. The van der Waals surface area contributed by atoms with Crippen molar-refractivity contribution in [2.24, 2.45) is 0 Å². The van der Waals surface area contributed by atoms with Crippen LogP contribution in [0.3, 0.4) is 0 Å². The zero-order valence-corrected chi connectivity index (χ0v) is 21.1. The number of hydrogen-bond donors (Lipinski definition) is 3. The number of halogens is 1. The predicted molar refractivity (Wildman–Crippen MR) is 144 cm³/mol. The molecule has 6 nitrogen and oxygen atoms in total. The van der Waals surface area contributed by atoms with Gasteiger partial charge < -0.3 is 9.94 Å². The van der Waals surface area contributed by atoms with Crippen LogP contribution >= 0.6 is 11.6 Å². The lowest BCUT2D eigenvalue weighted by atomic mass is 9.96. The van der Waals surface area contributed by atoms with Crippen molar-refractivity contribution < 1.29 is 9.94 Å². The van der Waals surface area contributed by atoms with Crippen LogP contribution in [0.25, 0.3) is 0 Å². The van der Waals surface area contributed by atoms with E-state index in [4.69, 9.17) is 21.5 Å². The molecule has 1 aliphatic rings. The van der Waals surface area contributed by atoms with Crippen molar-refractivity contribution in [3.05, 3.63) is 101 Å². The highest BCUT2D eigenvalue weighted by molar-refractivity contribution is 6.30. The highest BCUT2D eigenvalue weighted by atomic mass is 35.5. The molecule has 3 N–H and O–H groups in total. The third kappa shape index (κ3) is 7.81. The molecule has 0 saturated carbocycles. The minimum absolute atomic E-state index is 0.228. The highest BCUT2D eigenvalue weighted by Gasteiger charge is 2.26. The molecule has 1 aliphatic heterocycles. The lowest BCUT2D eigenvalue weighted by molar-refractivity contribution is 0.0977. The van der Waals surface area contributed by atoms with E-state index in [-0.39, 0.29) is 6.04 Å². The lowest BCUT2D eigenvalue weighted by Gasteiger charge is -2.39. The molecule has 1 atom stereocenters. The first-order chi connectivity index (χ1) is 17.7. The molecule has 0 amide bonds. The van der Waals surface area contributed by atoms with E-state index in [0.717, 1.165) is 49.1 Å². The van der Waals surface area contributed by atoms with E-state index in [0.29, 0.717) is 19.6 Å². The predicted octanol–water partition coefficient (Wildman–Crippen LogP) is 4.35. The summed E-state index contributed by atoms with van der Waals surface area (Å²) in [5.74, 6) is 7.02. The zero-order chi connectivity index (χ0) is 25.0. The Bertz CT molecular complexity index is 1110. The molecular weight excluding hydrogens is 472 g/mol. The molecule has 0 unspecified atom stereocenters. The van der Waals surface area contributed by atoms with Gasteiger partial charge in [-0.15, -0.1) is 5.59 Å². The number of nitrogens with zero attached hydrogens (tertiary/aromatic N) is 2. The summed E-state index contributed by atoms with van der Waals surface area (Å²) in [7, 11) is 0. The number of piperazine rings is 1. The fourth-order valence-electron chi connectivity index (χ4n) is 4.41. The number of benzene rings is 3. The van der Waals surface area contributed by atoms with E-state index >= 15 is 0 Å². The minimum Gasteiger partial charge on any atom is -0.492 e. The maximum absolute atomic E-state index is 8.46. The molecule has 7 heteroatoms. The summed E-state index contributed by atoms with van der Waals surface area (Å²) in [5.41, 5.74) is 8.01. The lowest BCUT2D eigenvalue weighted by Crippen LogP contribution is -2.48. The van der Waals surface area contributed by atoms with Crippen LogP contribution in [-0.4, -0.2) is 60.9 Å². The van der Waals surface area contributed by atoms with Crippen molar-refractivity contribution in [1.82, 2.24) is 20.8 Å². The molecule has 0 spiro atoms. The van der Waals surface area contributed by atoms with Crippen molar-refractivity contribution in [3.8, 4) is 17.6 Å². The van der Waals surface area contributed by atoms with Gasteiger partial charge in [-0.3, -0.25) is 9.80 Å². The summed E-state index contributed by atoms with van der Waals surface area (Å²) in [6.45, 7) is 6.15. The second-order valence-corrected chi connectivity index (χ2v) is 9.14. The Morgan fingerprint density at radius 2 is 1.58 bits per heavy atom. The highest BCUT2D eigenvalue weighted by Crippen LogP contribution is 2.30. The first kappa shape index (κ1) is 26.2. The van der Waals surface area contributed by atoms with Gasteiger partial charge in [0.1, 0.15) is 12.4 Å². The fraction of sp³-hybridized carbons (Fsp3) is 0.310. The molecule has 4 rings (SSSR count). The quantitative estimate of drug-likeness (QED) is 0.217. The van der Waals surface area contributed by atoms with Gasteiger partial charge in [0.2, 0.25) is 0 Å². The van der Waals surface area contributed by atoms with Gasteiger partial charge in [0.15, 0.2) is 0 Å². The number of ether oxygens (including phenoxy) is 1. The molecule has 36 heavy (non-hydrogen) atoms. The van der Waals surface area contributed by atoms with Crippen LogP contribution in [0.15, 0.2) is 78.9 Å². The third-order valence-electron chi connectivity index (χ3n) is 6.29. The van der Waals surface area contributed by atoms with Crippen molar-refractivity contribution in [3.63, 3.8) is 0 Å². The van der Waals surface area contributed by atoms with Gasteiger partial charge >= 0.3 is 0 Å². The van der Waals surface area contributed by atoms with Crippen LogP contribution in [0.4, 0.5) is 0 Å². The van der Waals surface area contributed by atoms with Crippen LogP contribution in [0, 0.1) is 11.8 Å². The second kappa shape index (κ2) is 14.0. The SMILES string of the molecule is ONNCCC#Cc1ccc(OCCN2CCN([C@H](c3ccccc3)c3ccc(Cl)cc3)CC2)cc1. The minimum atomic E-state index is 0.228.